The summed E-state index contributed by atoms with van der Waals surface area (Å²) < 4.78 is 11.9. The highest BCUT2D eigenvalue weighted by atomic mass is 16.5. The second kappa shape index (κ2) is 7.74. The van der Waals surface area contributed by atoms with Crippen LogP contribution >= 0.6 is 0 Å². The van der Waals surface area contributed by atoms with Crippen molar-refractivity contribution >= 4 is 11.8 Å². The fraction of sp³-hybridized carbons (Fsp3) is 0.500. The Bertz CT molecular complexity index is 745. The highest BCUT2D eigenvalue weighted by Crippen LogP contribution is 2.31. The van der Waals surface area contributed by atoms with Gasteiger partial charge < -0.3 is 19.4 Å². The van der Waals surface area contributed by atoms with Crippen LogP contribution in [0.25, 0.3) is 0 Å². The third-order valence-corrected chi connectivity index (χ3v) is 4.92. The molecule has 1 fully saturated rings. The van der Waals surface area contributed by atoms with Gasteiger partial charge in [-0.2, -0.15) is 5.10 Å². The fourth-order valence-corrected chi connectivity index (χ4v) is 3.37. The number of hydrogen-bond acceptors (Lipinski definition) is 5. The molecule has 8 heteroatoms. The van der Waals surface area contributed by atoms with E-state index in [-0.39, 0.29) is 11.8 Å². The number of furan rings is 1. The van der Waals surface area contributed by atoms with Crippen molar-refractivity contribution in [3.05, 3.63) is 42.1 Å². The van der Waals surface area contributed by atoms with Crippen LogP contribution in [0.2, 0.25) is 0 Å². The van der Waals surface area contributed by atoms with Gasteiger partial charge in [-0.3, -0.25) is 14.3 Å². The first-order chi connectivity index (χ1) is 12.6. The van der Waals surface area contributed by atoms with Crippen LogP contribution in [0.1, 0.15) is 29.0 Å². The van der Waals surface area contributed by atoms with E-state index >= 15 is 0 Å². The number of nitrogens with one attached hydrogen (secondary N) is 1. The molecule has 2 aromatic heterocycles. The van der Waals surface area contributed by atoms with Crippen molar-refractivity contribution in [2.24, 2.45) is 0 Å². The van der Waals surface area contributed by atoms with Gasteiger partial charge >= 0.3 is 0 Å². The first-order valence-corrected chi connectivity index (χ1v) is 8.69. The van der Waals surface area contributed by atoms with Gasteiger partial charge in [0.2, 0.25) is 5.91 Å². The SMILES string of the molecule is COCCNC(=O)C1(n2cccn2)CCN(C(=O)c2ccoc2C)CC1. The molecule has 140 valence electrons. The van der Waals surface area contributed by atoms with Gasteiger partial charge in [0.25, 0.3) is 5.91 Å². The van der Waals surface area contributed by atoms with Crippen LogP contribution < -0.4 is 5.32 Å². The second-order valence-corrected chi connectivity index (χ2v) is 6.41. The molecule has 0 spiro atoms. The Morgan fingerprint density at radius 1 is 1.38 bits per heavy atom. The van der Waals surface area contributed by atoms with Crippen LogP contribution in [0.15, 0.2) is 35.2 Å². The maximum Gasteiger partial charge on any atom is 0.257 e. The van der Waals surface area contributed by atoms with Crippen LogP contribution in [-0.4, -0.2) is 59.8 Å². The largest absolute Gasteiger partial charge is 0.469 e. The van der Waals surface area contributed by atoms with E-state index in [4.69, 9.17) is 9.15 Å². The van der Waals surface area contributed by atoms with Crippen LogP contribution in [-0.2, 0) is 15.1 Å². The molecule has 0 unspecified atom stereocenters. The molecule has 3 rings (SSSR count). The number of piperidine rings is 1. The molecule has 0 aromatic carbocycles. The van der Waals surface area contributed by atoms with E-state index in [0.717, 1.165) is 0 Å². The number of rotatable bonds is 6. The minimum Gasteiger partial charge on any atom is -0.469 e. The van der Waals surface area contributed by atoms with Gasteiger partial charge in [0.05, 0.1) is 18.4 Å². The maximum absolute atomic E-state index is 12.9. The molecule has 0 saturated carbocycles. The number of likely N-dealkylation sites (tertiary alicyclic amines) is 1. The number of carbonyl (C=O) groups is 2. The molecule has 0 radical (unpaired) electrons. The average Bonchev–Trinajstić information content (AvgIpc) is 3.33. The Balaban J connectivity index is 1.74. The number of carbonyl (C=O) groups excluding carboxylic acids is 2. The van der Waals surface area contributed by atoms with Crippen LogP contribution in [0.4, 0.5) is 0 Å². The Kier molecular flexibility index (Phi) is 5.41. The molecular formula is C18H24N4O4. The number of amides is 2. The number of ether oxygens (including phenoxy) is 1. The van der Waals surface area contributed by atoms with E-state index in [1.807, 2.05) is 0 Å². The molecule has 1 saturated heterocycles. The number of aryl methyl sites for hydroxylation is 1. The van der Waals surface area contributed by atoms with E-state index in [1.165, 1.54) is 6.26 Å². The van der Waals surface area contributed by atoms with Gasteiger partial charge in [0.1, 0.15) is 11.3 Å². The predicted octanol–water partition coefficient (Wildman–Crippen LogP) is 1.18. The lowest BCUT2D eigenvalue weighted by molar-refractivity contribution is -0.133. The highest BCUT2D eigenvalue weighted by Gasteiger charge is 2.44. The normalized spacial score (nSPS) is 16.5. The lowest BCUT2D eigenvalue weighted by Crippen LogP contribution is -2.56. The summed E-state index contributed by atoms with van der Waals surface area (Å²) in [6, 6.07) is 3.49. The Hall–Kier alpha value is -2.61. The molecule has 1 N–H and O–H groups in total. The average molecular weight is 360 g/mol. The summed E-state index contributed by atoms with van der Waals surface area (Å²) in [5, 5.41) is 7.22. The minimum atomic E-state index is -0.792. The zero-order valence-corrected chi connectivity index (χ0v) is 15.1. The summed E-state index contributed by atoms with van der Waals surface area (Å²) in [5.74, 6) is 0.450. The molecule has 0 aliphatic carbocycles. The molecule has 0 atom stereocenters. The summed E-state index contributed by atoms with van der Waals surface area (Å²) in [7, 11) is 1.59. The molecule has 1 aliphatic rings. The molecule has 2 amide bonds. The van der Waals surface area contributed by atoms with E-state index < -0.39 is 5.54 Å². The van der Waals surface area contributed by atoms with E-state index in [9.17, 15) is 9.59 Å². The number of aromatic nitrogens is 2. The molecule has 2 aromatic rings. The summed E-state index contributed by atoms with van der Waals surface area (Å²) in [5.41, 5.74) is -0.222. The molecular weight excluding hydrogens is 336 g/mol. The van der Waals surface area contributed by atoms with Crippen molar-refractivity contribution in [1.29, 1.82) is 0 Å². The van der Waals surface area contributed by atoms with Gasteiger partial charge in [-0.05, 0) is 31.9 Å². The first kappa shape index (κ1) is 18.2. The zero-order chi connectivity index (χ0) is 18.6. The zero-order valence-electron chi connectivity index (χ0n) is 15.1. The van der Waals surface area contributed by atoms with E-state index in [1.54, 1.807) is 48.1 Å². The topological polar surface area (TPSA) is 89.6 Å². The van der Waals surface area contributed by atoms with Crippen molar-refractivity contribution in [1.82, 2.24) is 20.0 Å². The van der Waals surface area contributed by atoms with Gasteiger partial charge in [-0.1, -0.05) is 0 Å². The van der Waals surface area contributed by atoms with Gasteiger partial charge in [0, 0.05) is 39.1 Å². The van der Waals surface area contributed by atoms with Crippen molar-refractivity contribution in [2.45, 2.75) is 25.3 Å². The van der Waals surface area contributed by atoms with Gasteiger partial charge in [-0.25, -0.2) is 0 Å². The van der Waals surface area contributed by atoms with Crippen molar-refractivity contribution < 1.29 is 18.7 Å². The van der Waals surface area contributed by atoms with Crippen LogP contribution in [0.5, 0.6) is 0 Å². The van der Waals surface area contributed by atoms with Crippen molar-refractivity contribution in [3.63, 3.8) is 0 Å². The highest BCUT2D eigenvalue weighted by molar-refractivity contribution is 5.95. The van der Waals surface area contributed by atoms with Gasteiger partial charge in [0.15, 0.2) is 0 Å². The van der Waals surface area contributed by atoms with Crippen LogP contribution in [0.3, 0.4) is 0 Å². The number of methoxy groups -OCH3 is 1. The lowest BCUT2D eigenvalue weighted by Gasteiger charge is -2.40. The van der Waals surface area contributed by atoms with Crippen molar-refractivity contribution in [3.8, 4) is 0 Å². The summed E-state index contributed by atoms with van der Waals surface area (Å²) in [6.45, 7) is 3.61. The minimum absolute atomic E-state index is 0.0647. The first-order valence-electron chi connectivity index (χ1n) is 8.69. The summed E-state index contributed by atoms with van der Waals surface area (Å²) >= 11 is 0. The number of nitrogens with zero attached hydrogens (tertiary/aromatic N) is 3. The molecule has 0 bridgehead atoms. The second-order valence-electron chi connectivity index (χ2n) is 6.41. The number of hydrogen-bond donors (Lipinski definition) is 1. The predicted molar refractivity (Wildman–Crippen MR) is 93.7 cm³/mol. The van der Waals surface area contributed by atoms with Gasteiger partial charge in [-0.15, -0.1) is 0 Å². The monoisotopic (exact) mass is 360 g/mol. The lowest BCUT2D eigenvalue weighted by atomic mass is 9.86. The van der Waals surface area contributed by atoms with Crippen LogP contribution in [0, 0.1) is 6.92 Å². The van der Waals surface area contributed by atoms with E-state index in [0.29, 0.717) is 50.4 Å². The maximum atomic E-state index is 12.9. The Morgan fingerprint density at radius 2 is 2.15 bits per heavy atom. The summed E-state index contributed by atoms with van der Waals surface area (Å²) in [6.07, 6.45) is 5.97. The molecule has 8 nitrogen and oxygen atoms in total. The van der Waals surface area contributed by atoms with Crippen molar-refractivity contribution in [2.75, 3.05) is 33.4 Å². The quantitative estimate of drug-likeness (QED) is 0.782. The standard InChI is InChI=1S/C18H24N4O4/c1-14-15(4-12-26-14)16(23)21-10-5-18(6-11-21,22-9-3-7-20-22)17(24)19-8-13-25-2/h3-4,7,9,12H,5-6,8,10-11,13H2,1-2H3,(H,19,24). The fourth-order valence-electron chi connectivity index (χ4n) is 3.37. The Labute approximate surface area is 152 Å². The molecule has 3 heterocycles. The molecule has 1 aliphatic heterocycles. The smallest absolute Gasteiger partial charge is 0.257 e. The summed E-state index contributed by atoms with van der Waals surface area (Å²) in [4.78, 5) is 27.4. The Morgan fingerprint density at radius 3 is 2.73 bits per heavy atom. The van der Waals surface area contributed by atoms with E-state index in [2.05, 4.69) is 10.4 Å². The molecule has 26 heavy (non-hydrogen) atoms. The third kappa shape index (κ3) is 3.37. The third-order valence-electron chi connectivity index (χ3n) is 4.92.